The van der Waals surface area contributed by atoms with Crippen LogP contribution in [0.1, 0.15) is 23.2 Å². The minimum atomic E-state index is -0.617. The molecule has 2 aliphatic heterocycles. The second kappa shape index (κ2) is 4.90. The molecule has 3 rings (SSSR count). The Morgan fingerprint density at radius 2 is 1.89 bits per heavy atom. The number of amides is 1. The number of benzene rings is 1. The third-order valence-electron chi connectivity index (χ3n) is 3.61. The molecule has 0 aromatic heterocycles. The molecule has 2 fully saturated rings. The average molecular weight is 265 g/mol. The Kier molecular flexibility index (Phi) is 3.24. The van der Waals surface area contributed by atoms with Gasteiger partial charge in [-0.1, -0.05) is 0 Å². The average Bonchev–Trinajstić information content (AvgIpc) is 2.87. The Hall–Kier alpha value is -1.46. The van der Waals surface area contributed by atoms with Crippen LogP contribution < -0.4 is 0 Å². The molecular formula is C14H16FNO3. The first-order chi connectivity index (χ1) is 9.19. The first-order valence-corrected chi connectivity index (χ1v) is 6.51. The quantitative estimate of drug-likeness (QED) is 0.777. The molecule has 1 aromatic rings. The van der Waals surface area contributed by atoms with Gasteiger partial charge in [0.2, 0.25) is 0 Å². The monoisotopic (exact) mass is 265 g/mol. The van der Waals surface area contributed by atoms with Crippen molar-refractivity contribution < 1.29 is 18.7 Å². The van der Waals surface area contributed by atoms with E-state index in [1.807, 2.05) is 0 Å². The molecular weight excluding hydrogens is 249 g/mol. The summed E-state index contributed by atoms with van der Waals surface area (Å²) in [6, 6.07) is 5.62. The fraction of sp³-hybridized carbons (Fsp3) is 0.500. The summed E-state index contributed by atoms with van der Waals surface area (Å²) < 4.78 is 24.1. The summed E-state index contributed by atoms with van der Waals surface area (Å²) in [5.74, 6) is -1.05. The van der Waals surface area contributed by atoms with Gasteiger partial charge in [-0.05, 0) is 30.7 Å². The molecule has 2 aliphatic rings. The van der Waals surface area contributed by atoms with Crippen LogP contribution in [0.4, 0.5) is 4.39 Å². The van der Waals surface area contributed by atoms with Gasteiger partial charge in [-0.15, -0.1) is 0 Å². The van der Waals surface area contributed by atoms with E-state index in [4.69, 9.17) is 9.47 Å². The Morgan fingerprint density at radius 3 is 2.58 bits per heavy atom. The van der Waals surface area contributed by atoms with Crippen LogP contribution >= 0.6 is 0 Å². The van der Waals surface area contributed by atoms with Gasteiger partial charge in [0.25, 0.3) is 5.91 Å². The van der Waals surface area contributed by atoms with Crippen molar-refractivity contribution in [2.24, 2.45) is 0 Å². The van der Waals surface area contributed by atoms with Crippen molar-refractivity contribution in [2.75, 3.05) is 26.3 Å². The third kappa shape index (κ3) is 2.48. The van der Waals surface area contributed by atoms with Crippen LogP contribution in [0.3, 0.4) is 0 Å². The molecule has 0 radical (unpaired) electrons. The molecule has 0 bridgehead atoms. The summed E-state index contributed by atoms with van der Waals surface area (Å²) in [5.41, 5.74) is 0.497. The van der Waals surface area contributed by atoms with Gasteiger partial charge in [0.15, 0.2) is 5.79 Å². The molecule has 0 unspecified atom stereocenters. The largest absolute Gasteiger partial charge is 0.346 e. The first-order valence-electron chi connectivity index (χ1n) is 6.51. The van der Waals surface area contributed by atoms with Gasteiger partial charge in [-0.2, -0.15) is 0 Å². The van der Waals surface area contributed by atoms with Crippen LogP contribution in [-0.4, -0.2) is 42.9 Å². The van der Waals surface area contributed by atoms with Crippen LogP contribution in [0.2, 0.25) is 0 Å². The maximum absolute atomic E-state index is 12.9. The zero-order chi connectivity index (χ0) is 13.3. The minimum absolute atomic E-state index is 0.0989. The topological polar surface area (TPSA) is 38.8 Å². The Bertz CT molecular complexity index is 468. The van der Waals surface area contributed by atoms with E-state index in [1.165, 1.54) is 24.3 Å². The number of ether oxygens (including phenoxy) is 2. The van der Waals surface area contributed by atoms with Gasteiger partial charge in [0, 0.05) is 18.5 Å². The highest BCUT2D eigenvalue weighted by atomic mass is 19.1. The summed E-state index contributed by atoms with van der Waals surface area (Å²) in [7, 11) is 0. The fourth-order valence-electron chi connectivity index (χ4n) is 2.67. The molecule has 0 saturated carbocycles. The van der Waals surface area contributed by atoms with Gasteiger partial charge >= 0.3 is 0 Å². The van der Waals surface area contributed by atoms with Gasteiger partial charge < -0.3 is 14.4 Å². The summed E-state index contributed by atoms with van der Waals surface area (Å²) in [5, 5.41) is 0. The predicted molar refractivity (Wildman–Crippen MR) is 66.2 cm³/mol. The Morgan fingerprint density at radius 1 is 1.21 bits per heavy atom. The van der Waals surface area contributed by atoms with E-state index in [9.17, 15) is 9.18 Å². The van der Waals surface area contributed by atoms with E-state index >= 15 is 0 Å². The number of nitrogens with zero attached hydrogens (tertiary/aromatic N) is 1. The number of piperidine rings is 1. The molecule has 0 atom stereocenters. The number of likely N-dealkylation sites (tertiary alicyclic amines) is 1. The number of hydrogen-bond acceptors (Lipinski definition) is 3. The molecule has 0 aliphatic carbocycles. The normalized spacial score (nSPS) is 21.8. The Labute approximate surface area is 111 Å². The molecule has 2 saturated heterocycles. The van der Waals surface area contributed by atoms with Crippen molar-refractivity contribution >= 4 is 5.91 Å². The maximum Gasteiger partial charge on any atom is 0.254 e. The predicted octanol–water partition coefficient (Wildman–Crippen LogP) is 1.80. The number of hydrogen-bond donors (Lipinski definition) is 0. The van der Waals surface area contributed by atoms with E-state index in [0.29, 0.717) is 31.9 Å². The van der Waals surface area contributed by atoms with Crippen LogP contribution in [0.15, 0.2) is 24.3 Å². The first kappa shape index (κ1) is 12.6. The molecule has 2 heterocycles. The van der Waals surface area contributed by atoms with Crippen LogP contribution in [0, 0.1) is 5.82 Å². The summed E-state index contributed by atoms with van der Waals surface area (Å²) in [6.07, 6.45) is 1.67. The lowest BCUT2D eigenvalue weighted by atomic mass is 10.0. The zero-order valence-corrected chi connectivity index (χ0v) is 10.6. The highest BCUT2D eigenvalue weighted by Crippen LogP contribution is 2.30. The van der Waals surface area contributed by atoms with E-state index in [2.05, 4.69) is 0 Å². The number of halogens is 1. The smallest absolute Gasteiger partial charge is 0.254 e. The second-order valence-corrected chi connectivity index (χ2v) is 4.94. The lowest BCUT2D eigenvalue weighted by Gasteiger charge is -2.38. The van der Waals surface area contributed by atoms with Gasteiger partial charge in [-0.25, -0.2) is 4.39 Å². The van der Waals surface area contributed by atoms with Gasteiger partial charge in [0.1, 0.15) is 5.82 Å². The van der Waals surface area contributed by atoms with Crippen molar-refractivity contribution in [3.05, 3.63) is 35.6 Å². The maximum atomic E-state index is 12.9. The van der Waals surface area contributed by atoms with Crippen molar-refractivity contribution in [1.82, 2.24) is 4.90 Å². The standard InChI is InChI=1S/C14H16FNO3/c15-12-4-2-11(3-5-12)13(17)16-7-1-6-14(10-16)18-8-9-19-14/h2-5H,1,6-10H2. The fourth-order valence-corrected chi connectivity index (χ4v) is 2.67. The van der Waals surface area contributed by atoms with Crippen molar-refractivity contribution in [3.8, 4) is 0 Å². The molecule has 102 valence electrons. The van der Waals surface area contributed by atoms with Crippen LogP contribution in [-0.2, 0) is 9.47 Å². The van der Waals surface area contributed by atoms with Crippen LogP contribution in [0.25, 0.3) is 0 Å². The van der Waals surface area contributed by atoms with Crippen LogP contribution in [0.5, 0.6) is 0 Å². The summed E-state index contributed by atoms with van der Waals surface area (Å²) in [6.45, 7) is 2.30. The molecule has 1 aromatic carbocycles. The lowest BCUT2D eigenvalue weighted by Crippen LogP contribution is -2.51. The SMILES string of the molecule is O=C(c1ccc(F)cc1)N1CCCC2(C1)OCCO2. The van der Waals surface area contributed by atoms with Gasteiger partial charge in [0.05, 0.1) is 19.8 Å². The molecule has 4 nitrogen and oxygen atoms in total. The van der Waals surface area contributed by atoms with Gasteiger partial charge in [-0.3, -0.25) is 4.79 Å². The van der Waals surface area contributed by atoms with E-state index < -0.39 is 5.79 Å². The van der Waals surface area contributed by atoms with E-state index in [1.54, 1.807) is 4.90 Å². The third-order valence-corrected chi connectivity index (χ3v) is 3.61. The van der Waals surface area contributed by atoms with Crippen molar-refractivity contribution in [2.45, 2.75) is 18.6 Å². The lowest BCUT2D eigenvalue weighted by molar-refractivity contribution is -0.183. The highest BCUT2D eigenvalue weighted by molar-refractivity contribution is 5.94. The highest BCUT2D eigenvalue weighted by Gasteiger charge is 2.42. The molecule has 5 heteroatoms. The number of carbonyl (C=O) groups excluding carboxylic acids is 1. The summed E-state index contributed by atoms with van der Waals surface area (Å²) in [4.78, 5) is 14.1. The van der Waals surface area contributed by atoms with Crippen molar-refractivity contribution in [3.63, 3.8) is 0 Å². The zero-order valence-electron chi connectivity index (χ0n) is 10.6. The second-order valence-electron chi connectivity index (χ2n) is 4.94. The summed E-state index contributed by atoms with van der Waals surface area (Å²) >= 11 is 0. The Balaban J connectivity index is 1.74. The van der Waals surface area contributed by atoms with E-state index in [0.717, 1.165) is 12.8 Å². The number of rotatable bonds is 1. The molecule has 1 amide bonds. The van der Waals surface area contributed by atoms with Crippen molar-refractivity contribution in [1.29, 1.82) is 0 Å². The minimum Gasteiger partial charge on any atom is -0.346 e. The number of carbonyl (C=O) groups is 1. The molecule has 0 N–H and O–H groups in total. The van der Waals surface area contributed by atoms with E-state index in [-0.39, 0.29) is 11.7 Å². The molecule has 1 spiro atoms. The molecule has 19 heavy (non-hydrogen) atoms.